The third-order valence-electron chi connectivity index (χ3n) is 2.42. The Morgan fingerprint density at radius 3 is 2.39 bits per heavy atom. The highest BCUT2D eigenvalue weighted by Crippen LogP contribution is 2.21. The number of amides is 1. The first-order valence-corrected chi connectivity index (χ1v) is 6.46. The Morgan fingerprint density at radius 2 is 1.78 bits per heavy atom. The molecule has 2 aromatic rings. The quantitative estimate of drug-likeness (QED) is 0.783. The molecule has 0 aliphatic carbocycles. The van der Waals surface area contributed by atoms with Crippen molar-refractivity contribution < 1.29 is 13.2 Å². The van der Waals surface area contributed by atoms with Crippen LogP contribution in [0.25, 0.3) is 0 Å². The molecule has 0 spiro atoms. The van der Waals surface area contributed by atoms with Gasteiger partial charge < -0.3 is 11.5 Å². The van der Waals surface area contributed by atoms with Crippen LogP contribution >= 0.6 is 0 Å². The molecule has 0 atom stereocenters. The highest BCUT2D eigenvalue weighted by molar-refractivity contribution is 7.90. The Kier molecular flexibility index (Phi) is 2.84. The minimum atomic E-state index is -3.91. The van der Waals surface area contributed by atoms with Gasteiger partial charge in [-0.05, 0) is 24.3 Å². The van der Waals surface area contributed by atoms with Crippen LogP contribution in [0, 0.1) is 0 Å². The minimum absolute atomic E-state index is 0.0660. The number of hydrogen-bond acceptors (Lipinski definition) is 4. The van der Waals surface area contributed by atoms with E-state index in [-0.39, 0.29) is 16.3 Å². The summed E-state index contributed by atoms with van der Waals surface area (Å²) in [5.74, 6) is -0.821. The summed E-state index contributed by atoms with van der Waals surface area (Å²) in [6, 6.07) is 8.78. The van der Waals surface area contributed by atoms with Crippen molar-refractivity contribution in [1.29, 1.82) is 0 Å². The second kappa shape index (κ2) is 4.19. The van der Waals surface area contributed by atoms with Gasteiger partial charge in [0.15, 0.2) is 0 Å². The number of rotatable bonds is 3. The maximum atomic E-state index is 12.3. The molecule has 94 valence electrons. The summed E-state index contributed by atoms with van der Waals surface area (Å²) in [4.78, 5) is 11.1. The van der Waals surface area contributed by atoms with Crippen LogP contribution in [0.2, 0.25) is 0 Å². The largest absolute Gasteiger partial charge is 0.398 e. The van der Waals surface area contributed by atoms with Crippen LogP contribution in [0.1, 0.15) is 10.5 Å². The van der Waals surface area contributed by atoms with Gasteiger partial charge >= 0.3 is 0 Å². The van der Waals surface area contributed by atoms with Crippen LogP contribution in [0.4, 0.5) is 5.69 Å². The van der Waals surface area contributed by atoms with E-state index in [0.717, 1.165) is 3.97 Å². The van der Waals surface area contributed by atoms with E-state index >= 15 is 0 Å². The van der Waals surface area contributed by atoms with Crippen LogP contribution < -0.4 is 11.5 Å². The number of hydrogen-bond donors (Lipinski definition) is 2. The second-order valence-electron chi connectivity index (χ2n) is 3.60. The monoisotopic (exact) mass is 265 g/mol. The lowest BCUT2D eigenvalue weighted by Gasteiger charge is -2.10. The molecule has 1 aromatic heterocycles. The van der Waals surface area contributed by atoms with Gasteiger partial charge in [-0.25, -0.2) is 12.4 Å². The Hall–Kier alpha value is -2.28. The predicted octanol–water partition coefficient (Wildman–Crippen LogP) is 0.406. The Morgan fingerprint density at radius 1 is 1.11 bits per heavy atom. The molecule has 0 aliphatic rings. The predicted molar refractivity (Wildman–Crippen MR) is 66.4 cm³/mol. The van der Waals surface area contributed by atoms with Gasteiger partial charge in [-0.15, -0.1) is 0 Å². The van der Waals surface area contributed by atoms with Gasteiger partial charge in [0.2, 0.25) is 0 Å². The van der Waals surface area contributed by atoms with Crippen LogP contribution in [0.3, 0.4) is 0 Å². The summed E-state index contributed by atoms with van der Waals surface area (Å²) >= 11 is 0. The van der Waals surface area contributed by atoms with Crippen molar-refractivity contribution in [3.8, 4) is 0 Å². The Balaban J connectivity index is 2.67. The molecule has 6 nitrogen and oxygen atoms in total. The van der Waals surface area contributed by atoms with Gasteiger partial charge in [-0.1, -0.05) is 12.1 Å². The Labute approximate surface area is 104 Å². The number of aromatic nitrogens is 1. The number of primary amides is 1. The SMILES string of the molecule is NC(=O)c1cccn1S(=O)(=O)c1ccccc1N. The molecule has 18 heavy (non-hydrogen) atoms. The second-order valence-corrected chi connectivity index (χ2v) is 5.38. The smallest absolute Gasteiger partial charge is 0.270 e. The van der Waals surface area contributed by atoms with Crippen molar-refractivity contribution >= 4 is 21.6 Å². The van der Waals surface area contributed by atoms with E-state index < -0.39 is 15.9 Å². The highest BCUT2D eigenvalue weighted by atomic mass is 32.2. The van der Waals surface area contributed by atoms with Gasteiger partial charge in [0.05, 0.1) is 5.69 Å². The first-order valence-electron chi connectivity index (χ1n) is 5.02. The molecule has 7 heteroatoms. The number of carbonyl (C=O) groups excluding carboxylic acids is 1. The van der Waals surface area contributed by atoms with Crippen molar-refractivity contribution in [1.82, 2.24) is 3.97 Å². The summed E-state index contributed by atoms with van der Waals surface area (Å²) < 4.78 is 25.5. The van der Waals surface area contributed by atoms with Crippen LogP contribution in [0.15, 0.2) is 47.5 Å². The summed E-state index contributed by atoms with van der Waals surface area (Å²) in [6.45, 7) is 0. The zero-order valence-electron chi connectivity index (χ0n) is 9.28. The average Bonchev–Trinajstić information content (AvgIpc) is 2.78. The maximum absolute atomic E-state index is 12.3. The number of nitrogens with zero attached hydrogens (tertiary/aromatic N) is 1. The first-order chi connectivity index (χ1) is 8.44. The van der Waals surface area contributed by atoms with E-state index in [1.807, 2.05) is 0 Å². The van der Waals surface area contributed by atoms with Gasteiger partial charge in [-0.3, -0.25) is 4.79 Å². The van der Waals surface area contributed by atoms with Gasteiger partial charge in [0.1, 0.15) is 10.6 Å². The van der Waals surface area contributed by atoms with Gasteiger partial charge in [0, 0.05) is 6.20 Å². The topological polar surface area (TPSA) is 108 Å². The first kappa shape index (κ1) is 12.2. The molecule has 4 N–H and O–H groups in total. The third-order valence-corrected chi connectivity index (χ3v) is 4.19. The van der Waals surface area contributed by atoms with E-state index in [2.05, 4.69) is 0 Å². The molecule has 0 saturated carbocycles. The van der Waals surface area contributed by atoms with E-state index in [1.165, 1.54) is 30.5 Å². The molecule has 1 heterocycles. The molecule has 0 unspecified atom stereocenters. The number of para-hydroxylation sites is 1. The summed E-state index contributed by atoms with van der Waals surface area (Å²) in [5.41, 5.74) is 10.7. The van der Waals surface area contributed by atoms with E-state index in [1.54, 1.807) is 12.1 Å². The minimum Gasteiger partial charge on any atom is -0.398 e. The zero-order valence-corrected chi connectivity index (χ0v) is 10.1. The van der Waals surface area contributed by atoms with E-state index in [0.29, 0.717) is 0 Å². The molecular formula is C11H11N3O3S. The lowest BCUT2D eigenvalue weighted by atomic mass is 10.3. The maximum Gasteiger partial charge on any atom is 0.270 e. The fourth-order valence-electron chi connectivity index (χ4n) is 1.59. The molecule has 0 bridgehead atoms. The van der Waals surface area contributed by atoms with Crippen LogP contribution in [0.5, 0.6) is 0 Å². The lowest BCUT2D eigenvalue weighted by Crippen LogP contribution is -2.22. The summed E-state index contributed by atoms with van der Waals surface area (Å²) in [5, 5.41) is 0. The van der Waals surface area contributed by atoms with Crippen molar-refractivity contribution in [3.63, 3.8) is 0 Å². The fourth-order valence-corrected chi connectivity index (χ4v) is 3.06. The normalized spacial score (nSPS) is 11.3. The third kappa shape index (κ3) is 1.84. The molecule has 2 rings (SSSR count). The number of anilines is 1. The van der Waals surface area contributed by atoms with E-state index in [9.17, 15) is 13.2 Å². The molecule has 1 amide bonds. The molecule has 0 saturated heterocycles. The van der Waals surface area contributed by atoms with Gasteiger partial charge in [0.25, 0.3) is 15.9 Å². The molecule has 0 aliphatic heterocycles. The molecule has 1 aromatic carbocycles. The Bertz CT molecular complexity index is 704. The van der Waals surface area contributed by atoms with E-state index in [4.69, 9.17) is 11.5 Å². The summed E-state index contributed by atoms with van der Waals surface area (Å²) in [6.07, 6.45) is 1.25. The number of benzene rings is 1. The average molecular weight is 265 g/mol. The van der Waals surface area contributed by atoms with Crippen molar-refractivity contribution in [2.75, 3.05) is 5.73 Å². The molecular weight excluding hydrogens is 254 g/mol. The lowest BCUT2D eigenvalue weighted by molar-refractivity contribution is 0.0994. The number of carbonyl (C=O) groups is 1. The van der Waals surface area contributed by atoms with Crippen molar-refractivity contribution in [2.24, 2.45) is 5.73 Å². The van der Waals surface area contributed by atoms with Crippen LogP contribution in [-0.2, 0) is 10.0 Å². The summed E-state index contributed by atoms with van der Waals surface area (Å²) in [7, 11) is -3.91. The van der Waals surface area contributed by atoms with Crippen LogP contribution in [-0.4, -0.2) is 18.3 Å². The molecule has 0 radical (unpaired) electrons. The highest BCUT2D eigenvalue weighted by Gasteiger charge is 2.23. The standard InChI is InChI=1S/C11H11N3O3S/c12-8-4-1-2-6-10(8)18(16,17)14-7-3-5-9(14)11(13)15/h1-7H,12H2,(H2,13,15). The zero-order chi connectivity index (χ0) is 13.3. The van der Waals surface area contributed by atoms with Crippen molar-refractivity contribution in [3.05, 3.63) is 48.3 Å². The fraction of sp³-hybridized carbons (Fsp3) is 0. The van der Waals surface area contributed by atoms with Crippen molar-refractivity contribution in [2.45, 2.75) is 4.90 Å². The number of nitrogens with two attached hydrogens (primary N) is 2. The van der Waals surface area contributed by atoms with Gasteiger partial charge in [-0.2, -0.15) is 0 Å². The molecule has 0 fully saturated rings. The number of nitrogen functional groups attached to an aromatic ring is 1.